The molecule has 2 aliphatic rings. The molecule has 2 heterocycles. The molecule has 4 rings (SSSR count). The molecule has 5 nitrogen and oxygen atoms in total. The number of carbonyl (C=O) groups excluding carboxylic acids is 1. The molecule has 0 saturated carbocycles. The van der Waals surface area contributed by atoms with Crippen LogP contribution in [0.1, 0.15) is 30.5 Å². The number of ether oxygens (including phenoxy) is 2. The van der Waals surface area contributed by atoms with Gasteiger partial charge in [-0.15, -0.1) is 0 Å². The van der Waals surface area contributed by atoms with E-state index in [-0.39, 0.29) is 12.1 Å². The monoisotopic (exact) mass is 338 g/mol. The highest BCUT2D eigenvalue weighted by Crippen LogP contribution is 2.47. The fourth-order valence-corrected chi connectivity index (χ4v) is 3.79. The number of hydrogen-bond donors (Lipinski definition) is 1. The van der Waals surface area contributed by atoms with Gasteiger partial charge in [0, 0.05) is 18.5 Å². The predicted octanol–water partition coefficient (Wildman–Crippen LogP) is 3.50. The van der Waals surface area contributed by atoms with Crippen molar-refractivity contribution in [3.63, 3.8) is 0 Å². The first-order valence-electron chi connectivity index (χ1n) is 8.59. The number of hydrogen-bond acceptors (Lipinski definition) is 3. The summed E-state index contributed by atoms with van der Waals surface area (Å²) in [6, 6.07) is 15.9. The second kappa shape index (κ2) is 5.99. The van der Waals surface area contributed by atoms with Crippen molar-refractivity contribution in [2.45, 2.75) is 31.5 Å². The van der Waals surface area contributed by atoms with E-state index in [4.69, 9.17) is 9.47 Å². The Kier molecular flexibility index (Phi) is 3.79. The van der Waals surface area contributed by atoms with Gasteiger partial charge in [-0.3, -0.25) is 4.90 Å². The number of carbonyl (C=O) groups is 1. The summed E-state index contributed by atoms with van der Waals surface area (Å²) in [5, 5.41) is 3.12. The lowest BCUT2D eigenvalue weighted by Gasteiger charge is -2.51. The number of methoxy groups -OCH3 is 1. The number of nitrogens with one attached hydrogen (secondary N) is 1. The molecule has 2 amide bonds. The van der Waals surface area contributed by atoms with Gasteiger partial charge in [0.15, 0.2) is 17.2 Å². The van der Waals surface area contributed by atoms with Gasteiger partial charge in [-0.2, -0.15) is 0 Å². The van der Waals surface area contributed by atoms with Crippen LogP contribution in [0.15, 0.2) is 48.5 Å². The number of benzene rings is 2. The molecule has 0 spiro atoms. The second-order valence-electron chi connectivity index (χ2n) is 6.75. The minimum atomic E-state index is -0.677. The van der Waals surface area contributed by atoms with E-state index in [9.17, 15) is 4.79 Å². The number of nitrogens with zero attached hydrogens (tertiary/aromatic N) is 1. The minimum absolute atomic E-state index is 0.0516. The maximum Gasteiger partial charge on any atom is 0.320 e. The molecule has 1 N–H and O–H groups in total. The summed E-state index contributed by atoms with van der Waals surface area (Å²) in [5.74, 6) is 1.43. The molecule has 2 aromatic rings. The Balaban J connectivity index is 1.62. The van der Waals surface area contributed by atoms with Crippen molar-refractivity contribution >= 4 is 6.03 Å². The quantitative estimate of drug-likeness (QED) is 0.928. The highest BCUT2D eigenvalue weighted by atomic mass is 16.5. The zero-order valence-electron chi connectivity index (χ0n) is 14.5. The Morgan fingerprint density at radius 1 is 1.24 bits per heavy atom. The molecule has 130 valence electrons. The van der Waals surface area contributed by atoms with Crippen molar-refractivity contribution in [2.24, 2.45) is 0 Å². The molecular formula is C20H22N2O3. The van der Waals surface area contributed by atoms with Crippen molar-refractivity contribution in [1.82, 2.24) is 10.2 Å². The average molecular weight is 338 g/mol. The summed E-state index contributed by atoms with van der Waals surface area (Å²) < 4.78 is 11.8. The van der Waals surface area contributed by atoms with Gasteiger partial charge >= 0.3 is 6.03 Å². The first-order chi connectivity index (χ1) is 12.1. The van der Waals surface area contributed by atoms with Crippen LogP contribution in [-0.2, 0) is 6.42 Å². The standard InChI is InChI=1S/C20H22N2O3/c1-20-13-16(15-9-6-10-17(24-2)18(15)25-20)21-19(23)22(20)12-11-14-7-4-3-5-8-14/h3-10,16H,11-13H2,1-2H3,(H,21,23). The summed E-state index contributed by atoms with van der Waals surface area (Å²) in [5.41, 5.74) is 1.51. The number of para-hydroxylation sites is 1. The van der Waals surface area contributed by atoms with Crippen molar-refractivity contribution in [3.05, 3.63) is 59.7 Å². The molecule has 25 heavy (non-hydrogen) atoms. The SMILES string of the molecule is COc1cccc2c1OC1(C)CC2NC(=O)N1CCc1ccccc1. The van der Waals surface area contributed by atoms with E-state index in [2.05, 4.69) is 17.4 Å². The molecule has 0 aromatic heterocycles. The number of fused-ring (bicyclic) bond motifs is 4. The van der Waals surface area contributed by atoms with Gasteiger partial charge in [0.2, 0.25) is 0 Å². The number of rotatable bonds is 4. The topological polar surface area (TPSA) is 50.8 Å². The fraction of sp³-hybridized carbons (Fsp3) is 0.350. The van der Waals surface area contributed by atoms with Crippen LogP contribution in [0.3, 0.4) is 0 Å². The average Bonchev–Trinajstić information content (AvgIpc) is 2.61. The zero-order chi connectivity index (χ0) is 17.4. The molecule has 1 saturated heterocycles. The van der Waals surface area contributed by atoms with E-state index in [1.807, 2.05) is 43.3 Å². The maximum absolute atomic E-state index is 12.7. The molecular weight excluding hydrogens is 316 g/mol. The molecule has 2 bridgehead atoms. The Labute approximate surface area is 147 Å². The molecule has 2 aromatic carbocycles. The van der Waals surface area contributed by atoms with Crippen molar-refractivity contribution in [1.29, 1.82) is 0 Å². The van der Waals surface area contributed by atoms with Crippen molar-refractivity contribution < 1.29 is 14.3 Å². The van der Waals surface area contributed by atoms with Crippen LogP contribution in [0.5, 0.6) is 11.5 Å². The lowest BCUT2D eigenvalue weighted by Crippen LogP contribution is -2.65. The molecule has 0 aliphatic carbocycles. The Morgan fingerprint density at radius 2 is 2.04 bits per heavy atom. The van der Waals surface area contributed by atoms with E-state index >= 15 is 0 Å². The van der Waals surface area contributed by atoms with E-state index < -0.39 is 5.72 Å². The van der Waals surface area contributed by atoms with Crippen LogP contribution in [0, 0.1) is 0 Å². The molecule has 2 atom stereocenters. The van der Waals surface area contributed by atoms with Gasteiger partial charge in [0.05, 0.1) is 13.2 Å². The van der Waals surface area contributed by atoms with Gasteiger partial charge in [-0.25, -0.2) is 4.79 Å². The highest BCUT2D eigenvalue weighted by molar-refractivity contribution is 5.77. The van der Waals surface area contributed by atoms with E-state index in [0.717, 1.165) is 17.7 Å². The van der Waals surface area contributed by atoms with Crippen LogP contribution in [0.25, 0.3) is 0 Å². The zero-order valence-corrected chi connectivity index (χ0v) is 14.5. The first-order valence-corrected chi connectivity index (χ1v) is 8.59. The Bertz CT molecular complexity index is 793. The van der Waals surface area contributed by atoms with Gasteiger partial charge in [0.25, 0.3) is 0 Å². The lowest BCUT2D eigenvalue weighted by molar-refractivity contribution is -0.0845. The summed E-state index contributed by atoms with van der Waals surface area (Å²) in [4.78, 5) is 14.5. The van der Waals surface area contributed by atoms with E-state index in [1.165, 1.54) is 5.56 Å². The number of urea groups is 1. The van der Waals surface area contributed by atoms with Gasteiger partial charge in [0.1, 0.15) is 0 Å². The largest absolute Gasteiger partial charge is 0.493 e. The lowest BCUT2D eigenvalue weighted by atomic mass is 9.90. The molecule has 2 unspecified atom stereocenters. The van der Waals surface area contributed by atoms with Gasteiger partial charge in [-0.05, 0) is 25.0 Å². The normalized spacial score (nSPS) is 24.2. The van der Waals surface area contributed by atoms with Crippen LogP contribution >= 0.6 is 0 Å². The third-order valence-corrected chi connectivity index (χ3v) is 5.09. The fourth-order valence-electron chi connectivity index (χ4n) is 3.79. The smallest absolute Gasteiger partial charge is 0.320 e. The molecule has 1 fully saturated rings. The molecule has 0 radical (unpaired) electrons. The summed E-state index contributed by atoms with van der Waals surface area (Å²) in [7, 11) is 1.64. The highest BCUT2D eigenvalue weighted by Gasteiger charge is 2.49. The van der Waals surface area contributed by atoms with Gasteiger partial charge < -0.3 is 14.8 Å². The van der Waals surface area contributed by atoms with E-state index in [0.29, 0.717) is 18.7 Å². The summed E-state index contributed by atoms with van der Waals surface area (Å²) >= 11 is 0. The van der Waals surface area contributed by atoms with E-state index in [1.54, 1.807) is 12.0 Å². The maximum atomic E-state index is 12.7. The van der Waals surface area contributed by atoms with Crippen molar-refractivity contribution in [2.75, 3.05) is 13.7 Å². The number of amides is 2. The Hall–Kier alpha value is -2.69. The minimum Gasteiger partial charge on any atom is -0.493 e. The Morgan fingerprint density at radius 3 is 2.80 bits per heavy atom. The third kappa shape index (κ3) is 2.69. The van der Waals surface area contributed by atoms with Crippen LogP contribution < -0.4 is 14.8 Å². The van der Waals surface area contributed by atoms with Crippen LogP contribution in [0.4, 0.5) is 4.79 Å². The van der Waals surface area contributed by atoms with Crippen LogP contribution in [-0.4, -0.2) is 30.3 Å². The van der Waals surface area contributed by atoms with Crippen LogP contribution in [0.2, 0.25) is 0 Å². The first kappa shape index (κ1) is 15.8. The third-order valence-electron chi connectivity index (χ3n) is 5.09. The van der Waals surface area contributed by atoms with Crippen molar-refractivity contribution in [3.8, 4) is 11.5 Å². The second-order valence-corrected chi connectivity index (χ2v) is 6.75. The summed E-state index contributed by atoms with van der Waals surface area (Å²) in [6.07, 6.45) is 1.50. The summed E-state index contributed by atoms with van der Waals surface area (Å²) in [6.45, 7) is 2.59. The molecule has 5 heteroatoms. The molecule has 2 aliphatic heterocycles. The predicted molar refractivity (Wildman–Crippen MR) is 94.8 cm³/mol. The van der Waals surface area contributed by atoms with Gasteiger partial charge in [-0.1, -0.05) is 42.5 Å².